The fraction of sp³-hybridized carbons (Fsp3) is 0. The van der Waals surface area contributed by atoms with E-state index in [9.17, 15) is 13.2 Å². The highest BCUT2D eigenvalue weighted by Crippen LogP contribution is 2.28. The summed E-state index contributed by atoms with van der Waals surface area (Å²) < 4.78 is 39.2. The van der Waals surface area contributed by atoms with Crippen LogP contribution in [0.5, 0.6) is 0 Å². The van der Waals surface area contributed by atoms with E-state index in [1.165, 1.54) is 12.1 Å². The van der Waals surface area contributed by atoms with Gasteiger partial charge in [-0.05, 0) is 17.7 Å². The highest BCUT2D eigenvalue weighted by molar-refractivity contribution is 5.73. The molecule has 19 heavy (non-hydrogen) atoms. The molecule has 0 atom stereocenters. The Balaban J connectivity index is 2.74. The minimum Gasteiger partial charge on any atom is -0.204 e. The van der Waals surface area contributed by atoms with Gasteiger partial charge >= 0.3 is 0 Å². The lowest BCUT2D eigenvalue weighted by Crippen LogP contribution is -1.95. The summed E-state index contributed by atoms with van der Waals surface area (Å²) in [7, 11) is 0. The Hall–Kier alpha value is -2.79. The summed E-state index contributed by atoms with van der Waals surface area (Å²) in [5, 5.41) is 17.8. The van der Waals surface area contributed by atoms with Crippen LogP contribution in [-0.2, 0) is 0 Å². The Kier molecular flexibility index (Phi) is 3.22. The van der Waals surface area contributed by atoms with Crippen molar-refractivity contribution in [1.29, 1.82) is 10.5 Å². The topological polar surface area (TPSA) is 47.6 Å². The van der Waals surface area contributed by atoms with Crippen LogP contribution in [0.2, 0.25) is 0 Å². The molecule has 2 aromatic rings. The van der Waals surface area contributed by atoms with E-state index >= 15 is 0 Å². The van der Waals surface area contributed by atoms with Gasteiger partial charge in [0, 0.05) is 11.6 Å². The fourth-order valence-corrected chi connectivity index (χ4v) is 1.65. The van der Waals surface area contributed by atoms with Crippen LogP contribution in [0, 0.1) is 46.2 Å². The van der Waals surface area contributed by atoms with Crippen molar-refractivity contribution in [2.45, 2.75) is 0 Å². The molecule has 0 unspecified atom stereocenters. The zero-order valence-corrected chi connectivity index (χ0v) is 9.34. The SMILES string of the molecule is N#Cc1[c]ccc(-c2cc(F)c(F)c(F)c2)c1C#N. The van der Waals surface area contributed by atoms with E-state index in [1.54, 1.807) is 12.1 Å². The van der Waals surface area contributed by atoms with Crippen molar-refractivity contribution < 1.29 is 13.2 Å². The quantitative estimate of drug-likeness (QED) is 0.736. The first-order valence-corrected chi connectivity index (χ1v) is 5.08. The first-order chi connectivity index (χ1) is 9.08. The third-order valence-electron chi connectivity index (χ3n) is 2.52. The highest BCUT2D eigenvalue weighted by Gasteiger charge is 2.15. The van der Waals surface area contributed by atoms with Crippen molar-refractivity contribution in [2.24, 2.45) is 0 Å². The normalized spacial score (nSPS) is 9.74. The van der Waals surface area contributed by atoms with Gasteiger partial charge in [-0.15, -0.1) is 0 Å². The summed E-state index contributed by atoms with van der Waals surface area (Å²) in [6, 6.07) is 10.4. The van der Waals surface area contributed by atoms with Gasteiger partial charge in [0.15, 0.2) is 17.5 Å². The highest BCUT2D eigenvalue weighted by atomic mass is 19.2. The molecule has 0 aromatic heterocycles. The predicted octanol–water partition coefficient (Wildman–Crippen LogP) is 3.31. The van der Waals surface area contributed by atoms with E-state index < -0.39 is 17.5 Å². The summed E-state index contributed by atoms with van der Waals surface area (Å²) in [4.78, 5) is 0. The zero-order valence-electron chi connectivity index (χ0n) is 9.34. The molecule has 5 heteroatoms. The van der Waals surface area contributed by atoms with Gasteiger partial charge in [-0.25, -0.2) is 13.2 Å². The average Bonchev–Trinajstić information content (AvgIpc) is 2.43. The minimum absolute atomic E-state index is 0.0153. The van der Waals surface area contributed by atoms with Gasteiger partial charge in [-0.3, -0.25) is 0 Å². The van der Waals surface area contributed by atoms with Crippen molar-refractivity contribution in [3.05, 3.63) is 58.9 Å². The summed E-state index contributed by atoms with van der Waals surface area (Å²) in [6.45, 7) is 0. The Morgan fingerprint density at radius 1 is 1.00 bits per heavy atom. The van der Waals surface area contributed by atoms with Crippen molar-refractivity contribution in [1.82, 2.24) is 0 Å². The molecule has 0 saturated heterocycles. The monoisotopic (exact) mass is 257 g/mol. The van der Waals surface area contributed by atoms with E-state index in [4.69, 9.17) is 10.5 Å². The number of nitrogens with zero attached hydrogens (tertiary/aromatic N) is 2. The van der Waals surface area contributed by atoms with Crippen LogP contribution in [-0.4, -0.2) is 0 Å². The van der Waals surface area contributed by atoms with Crippen molar-refractivity contribution in [3.8, 4) is 23.3 Å². The molecule has 0 fully saturated rings. The molecule has 0 amide bonds. The van der Waals surface area contributed by atoms with Gasteiger partial charge in [-0.2, -0.15) is 10.5 Å². The van der Waals surface area contributed by atoms with Crippen LogP contribution in [0.1, 0.15) is 11.1 Å². The number of hydrogen-bond donors (Lipinski definition) is 0. The predicted molar refractivity (Wildman–Crippen MR) is 60.0 cm³/mol. The van der Waals surface area contributed by atoms with E-state index in [0.717, 1.165) is 12.1 Å². The third kappa shape index (κ3) is 2.14. The minimum atomic E-state index is -1.58. The number of benzene rings is 2. The van der Waals surface area contributed by atoms with Crippen LogP contribution in [0.15, 0.2) is 24.3 Å². The Bertz CT molecular complexity index is 716. The Morgan fingerprint density at radius 3 is 2.16 bits per heavy atom. The van der Waals surface area contributed by atoms with Crippen LogP contribution in [0.4, 0.5) is 13.2 Å². The van der Waals surface area contributed by atoms with Gasteiger partial charge in [0.05, 0.1) is 11.1 Å². The molecule has 1 radical (unpaired) electrons. The number of rotatable bonds is 1. The molecule has 0 aliphatic heterocycles. The van der Waals surface area contributed by atoms with E-state index in [-0.39, 0.29) is 22.3 Å². The first kappa shape index (κ1) is 12.7. The van der Waals surface area contributed by atoms with Crippen molar-refractivity contribution in [3.63, 3.8) is 0 Å². The molecule has 0 saturated carbocycles. The summed E-state index contributed by atoms with van der Waals surface area (Å²) in [5.41, 5.74) is 0.0367. The van der Waals surface area contributed by atoms with Gasteiger partial charge in [0.25, 0.3) is 0 Å². The third-order valence-corrected chi connectivity index (χ3v) is 2.52. The summed E-state index contributed by atoms with van der Waals surface area (Å²) in [5.74, 6) is -4.29. The first-order valence-electron chi connectivity index (χ1n) is 5.08. The van der Waals surface area contributed by atoms with Gasteiger partial charge in [0.1, 0.15) is 12.1 Å². The van der Waals surface area contributed by atoms with Gasteiger partial charge in [-0.1, -0.05) is 12.1 Å². The lowest BCUT2D eigenvalue weighted by molar-refractivity contribution is 0.447. The van der Waals surface area contributed by atoms with Gasteiger partial charge in [0.2, 0.25) is 0 Å². The molecule has 2 aromatic carbocycles. The van der Waals surface area contributed by atoms with Crippen LogP contribution >= 0.6 is 0 Å². The second kappa shape index (κ2) is 4.83. The molecular weight excluding hydrogens is 253 g/mol. The van der Waals surface area contributed by atoms with Crippen molar-refractivity contribution >= 4 is 0 Å². The molecular formula is C14H4F3N2. The number of hydrogen-bond acceptors (Lipinski definition) is 2. The number of halogens is 3. The lowest BCUT2D eigenvalue weighted by atomic mass is 9.96. The standard InChI is InChI=1S/C14H4F3N2/c15-12-4-9(5-13(16)14(12)17)10-3-1-2-8(6-18)11(10)7-19/h1,3-5H. The van der Waals surface area contributed by atoms with E-state index in [0.29, 0.717) is 0 Å². The van der Waals surface area contributed by atoms with E-state index in [1.807, 2.05) is 0 Å². The van der Waals surface area contributed by atoms with Crippen LogP contribution in [0.3, 0.4) is 0 Å². The summed E-state index contributed by atoms with van der Waals surface area (Å²) in [6.07, 6.45) is 0. The molecule has 91 valence electrons. The zero-order chi connectivity index (χ0) is 14.0. The van der Waals surface area contributed by atoms with Crippen LogP contribution in [0.25, 0.3) is 11.1 Å². The molecule has 0 heterocycles. The maximum absolute atomic E-state index is 13.2. The largest absolute Gasteiger partial charge is 0.204 e. The fourth-order valence-electron chi connectivity index (χ4n) is 1.65. The molecule has 0 bridgehead atoms. The maximum atomic E-state index is 13.2. The Labute approximate surface area is 107 Å². The smallest absolute Gasteiger partial charge is 0.194 e. The molecule has 2 rings (SSSR count). The molecule has 0 N–H and O–H groups in total. The lowest BCUT2D eigenvalue weighted by Gasteiger charge is -2.06. The molecule has 2 nitrogen and oxygen atoms in total. The van der Waals surface area contributed by atoms with Crippen LogP contribution < -0.4 is 0 Å². The summed E-state index contributed by atoms with van der Waals surface area (Å²) >= 11 is 0. The second-order valence-electron chi connectivity index (χ2n) is 3.62. The molecule has 0 aliphatic rings. The second-order valence-corrected chi connectivity index (χ2v) is 3.62. The molecule has 0 aliphatic carbocycles. The maximum Gasteiger partial charge on any atom is 0.194 e. The number of nitriles is 2. The Morgan fingerprint density at radius 2 is 1.63 bits per heavy atom. The van der Waals surface area contributed by atoms with Gasteiger partial charge < -0.3 is 0 Å². The van der Waals surface area contributed by atoms with Crippen molar-refractivity contribution in [2.75, 3.05) is 0 Å². The van der Waals surface area contributed by atoms with E-state index in [2.05, 4.69) is 6.07 Å². The average molecular weight is 257 g/mol. The molecule has 0 spiro atoms.